The summed E-state index contributed by atoms with van der Waals surface area (Å²) in [6.45, 7) is 1.77. The van der Waals surface area contributed by atoms with Crippen molar-refractivity contribution < 1.29 is 45.3 Å². The van der Waals surface area contributed by atoms with Crippen LogP contribution in [-0.4, -0.2) is 55.2 Å². The van der Waals surface area contributed by atoms with E-state index in [-0.39, 0.29) is 22.0 Å². The van der Waals surface area contributed by atoms with Crippen molar-refractivity contribution in [1.82, 2.24) is 0 Å². The van der Waals surface area contributed by atoms with Crippen LogP contribution in [0, 0.1) is 0 Å². The summed E-state index contributed by atoms with van der Waals surface area (Å²) in [6, 6.07) is 19.4. The molecule has 0 saturated heterocycles. The molecule has 3 rings (SSSR count). The largest absolute Gasteiger partial charge is 1.00 e. The fourth-order valence-electron chi connectivity index (χ4n) is 3.20. The van der Waals surface area contributed by atoms with Gasteiger partial charge in [-0.25, -0.2) is 8.42 Å². The van der Waals surface area contributed by atoms with Crippen molar-refractivity contribution in [2.45, 2.75) is 36.2 Å². The van der Waals surface area contributed by atoms with E-state index in [0.717, 1.165) is 23.6 Å². The summed E-state index contributed by atoms with van der Waals surface area (Å²) in [7, 11) is -2.46. The van der Waals surface area contributed by atoms with E-state index in [1.54, 1.807) is 32.2 Å². The fraction of sp³-hybridized carbons (Fsp3) is 0.280. The van der Waals surface area contributed by atoms with Gasteiger partial charge in [-0.1, -0.05) is 55.5 Å². The van der Waals surface area contributed by atoms with Crippen LogP contribution < -0.4 is 16.8 Å². The molecule has 0 radical (unpaired) electrons. The summed E-state index contributed by atoms with van der Waals surface area (Å²) in [5.41, 5.74) is 9.67. The molecule has 3 aromatic rings. The molecule has 0 fully saturated rings. The molecule has 3 aromatic carbocycles. The number of carboxylic acid groups (broad SMARTS) is 1. The van der Waals surface area contributed by atoms with Gasteiger partial charge in [0.2, 0.25) is 5.91 Å². The number of fused-ring (bicyclic) bond motifs is 1. The minimum absolute atomic E-state index is 0. The van der Waals surface area contributed by atoms with Crippen LogP contribution in [-0.2, 0) is 43.1 Å². The average molecular weight is 579 g/mol. The minimum atomic E-state index is -4.22. The van der Waals surface area contributed by atoms with Crippen LogP contribution in [0.2, 0.25) is 0 Å². The van der Waals surface area contributed by atoms with Crippen LogP contribution in [0.3, 0.4) is 0 Å². The summed E-state index contributed by atoms with van der Waals surface area (Å²) in [5.74, 6) is -1.99. The Balaban J connectivity index is 0.000000417. The van der Waals surface area contributed by atoms with Crippen molar-refractivity contribution in [1.29, 1.82) is 0 Å². The Bertz CT molecular complexity index is 1340. The van der Waals surface area contributed by atoms with E-state index in [9.17, 15) is 18.0 Å². The van der Waals surface area contributed by atoms with Gasteiger partial charge in [0.05, 0.1) is 5.54 Å². The summed E-state index contributed by atoms with van der Waals surface area (Å²) in [6.07, 6.45) is 0.475. The number of aliphatic carboxylic acids is 1. The Morgan fingerprint density at radius 2 is 1.65 bits per heavy atom. The number of sulfonamides is 1. The van der Waals surface area contributed by atoms with E-state index in [4.69, 9.17) is 21.7 Å². The molecule has 0 spiro atoms. The van der Waals surface area contributed by atoms with Crippen molar-refractivity contribution in [3.05, 3.63) is 77.0 Å². The zero-order valence-corrected chi connectivity index (χ0v) is 22.4. The van der Waals surface area contributed by atoms with Crippen LogP contribution in [0.4, 0.5) is 5.69 Å². The number of anilines is 1. The normalized spacial score (nSPS) is 14.2. The molecule has 0 aliphatic carbocycles. The molecular weight excluding hydrogens is 548 g/mol. The number of hydrogen-bond acceptors (Lipinski definition) is 7. The van der Waals surface area contributed by atoms with E-state index < -0.39 is 39.6 Å². The molecule has 37 heavy (non-hydrogen) atoms. The predicted octanol–water partition coefficient (Wildman–Crippen LogP) is 2.21. The molecule has 7 N–H and O–H groups in total. The van der Waals surface area contributed by atoms with Gasteiger partial charge in [-0.3, -0.25) is 9.59 Å². The molecule has 10 nitrogen and oxygen atoms in total. The van der Waals surface area contributed by atoms with E-state index in [1.807, 2.05) is 36.4 Å². The van der Waals surface area contributed by atoms with Gasteiger partial charge in [-0.15, -0.1) is 0 Å². The molecule has 0 heterocycles. The SMILES string of the molecule is CNc1cccc2cc(S(=O)(=O)[N-][C@](C)(CO)C(=O)O)ccc12.C[C@](N)(Cc1ccccc1)C(N)=O.[Cu+]. The number of carbonyl (C=O) groups is 2. The third-order valence-corrected chi connectivity index (χ3v) is 6.98. The molecule has 0 unspecified atom stereocenters. The van der Waals surface area contributed by atoms with Gasteiger partial charge in [0.25, 0.3) is 5.97 Å². The molecule has 12 heteroatoms. The van der Waals surface area contributed by atoms with Crippen molar-refractivity contribution >= 4 is 38.4 Å². The molecule has 0 aliphatic heterocycles. The van der Waals surface area contributed by atoms with Crippen LogP contribution in [0.1, 0.15) is 19.4 Å². The van der Waals surface area contributed by atoms with Gasteiger partial charge in [0, 0.05) is 35.2 Å². The van der Waals surface area contributed by atoms with Gasteiger partial charge < -0.3 is 31.7 Å². The van der Waals surface area contributed by atoms with Crippen LogP contribution in [0.15, 0.2) is 71.6 Å². The zero-order chi connectivity index (χ0) is 27.1. The topological polar surface area (TPSA) is 187 Å². The number of carbonyl (C=O) groups excluding carboxylic acids is 1. The van der Waals surface area contributed by atoms with Gasteiger partial charge in [-0.05, 0) is 42.5 Å². The van der Waals surface area contributed by atoms with E-state index in [2.05, 4.69) is 10.0 Å². The summed E-state index contributed by atoms with van der Waals surface area (Å²) >= 11 is 0. The quantitative estimate of drug-likeness (QED) is 0.239. The Hall–Kier alpha value is -2.99. The number of hydrogen-bond donors (Lipinski definition) is 5. The van der Waals surface area contributed by atoms with Crippen LogP contribution in [0.25, 0.3) is 15.5 Å². The first-order chi connectivity index (χ1) is 16.8. The molecule has 0 bridgehead atoms. The fourth-order valence-corrected chi connectivity index (χ4v) is 4.49. The van der Waals surface area contributed by atoms with Crippen molar-refractivity contribution in [2.75, 3.05) is 19.0 Å². The number of nitrogens with one attached hydrogen (secondary N) is 1. The zero-order valence-electron chi connectivity index (χ0n) is 20.6. The second-order valence-corrected chi connectivity index (χ2v) is 10.3. The van der Waals surface area contributed by atoms with E-state index in [1.165, 1.54) is 12.1 Å². The number of carboxylic acids is 1. The molecule has 0 saturated carbocycles. The Morgan fingerprint density at radius 1 is 1.03 bits per heavy atom. The maximum absolute atomic E-state index is 12.4. The number of rotatable bonds is 9. The number of nitrogens with zero attached hydrogens (tertiary/aromatic N) is 1. The molecule has 2 atom stereocenters. The van der Waals surface area contributed by atoms with Gasteiger partial charge >= 0.3 is 17.1 Å². The number of amides is 1. The minimum Gasteiger partial charge on any atom is -0.528 e. The van der Waals surface area contributed by atoms with Crippen molar-refractivity contribution in [2.24, 2.45) is 11.5 Å². The average Bonchev–Trinajstić information content (AvgIpc) is 2.83. The monoisotopic (exact) mass is 578 g/mol. The van der Waals surface area contributed by atoms with Crippen LogP contribution in [0.5, 0.6) is 0 Å². The van der Waals surface area contributed by atoms with E-state index in [0.29, 0.717) is 11.8 Å². The predicted molar refractivity (Wildman–Crippen MR) is 139 cm³/mol. The molecule has 0 aliphatic rings. The Kier molecular flexibility index (Phi) is 11.3. The first kappa shape index (κ1) is 32.0. The smallest absolute Gasteiger partial charge is 0.528 e. The molecule has 0 aromatic heterocycles. The first-order valence-electron chi connectivity index (χ1n) is 10.9. The Labute approximate surface area is 227 Å². The van der Waals surface area contributed by atoms with Gasteiger partial charge in [0.15, 0.2) is 0 Å². The van der Waals surface area contributed by atoms with Gasteiger partial charge in [-0.2, -0.15) is 0 Å². The number of aliphatic hydroxyl groups is 1. The second-order valence-electron chi connectivity index (χ2n) is 8.69. The van der Waals surface area contributed by atoms with Crippen molar-refractivity contribution in [3.8, 4) is 0 Å². The standard InChI is InChI=1S/C15H17N2O5S.C10H14N2O.Cu/c1-15(9-18,14(19)20)17-23(21,22)11-6-7-12-10(8-11)4-3-5-13(12)16-2;1-10(12,9(11)13)7-8-5-3-2-4-6-8;/h3-8,16,18H,9H2,1-2H3,(H,19,20);2-6H,7,12H2,1H3,(H2,11,13);/q-1;;+1/t15-;10-;/m10./s1. The first-order valence-corrected chi connectivity index (χ1v) is 12.4. The summed E-state index contributed by atoms with van der Waals surface area (Å²) < 4.78 is 28.1. The molecule has 204 valence electrons. The second kappa shape index (κ2) is 13.0. The number of benzene rings is 3. The van der Waals surface area contributed by atoms with Crippen LogP contribution >= 0.6 is 0 Å². The van der Waals surface area contributed by atoms with Gasteiger partial charge in [0.1, 0.15) is 10.0 Å². The number of nitrogens with two attached hydrogens (primary N) is 2. The molecule has 1 amide bonds. The molecular formula is C25H31CuN4O6S. The third kappa shape index (κ3) is 8.25. The number of aliphatic hydroxyl groups excluding tert-OH is 1. The van der Waals surface area contributed by atoms with Crippen molar-refractivity contribution in [3.63, 3.8) is 0 Å². The Morgan fingerprint density at radius 3 is 2.16 bits per heavy atom. The maximum atomic E-state index is 12.4. The third-order valence-electron chi connectivity index (χ3n) is 5.49. The maximum Gasteiger partial charge on any atom is 1.00 e. The summed E-state index contributed by atoms with van der Waals surface area (Å²) in [4.78, 5) is 21.9. The van der Waals surface area contributed by atoms with E-state index >= 15 is 0 Å². The summed E-state index contributed by atoms with van der Waals surface area (Å²) in [5, 5.41) is 22.7. The number of primary amides is 1.